The van der Waals surface area contributed by atoms with Crippen molar-refractivity contribution in [3.05, 3.63) is 29.3 Å². The van der Waals surface area contributed by atoms with Gasteiger partial charge in [-0.3, -0.25) is 0 Å². The maximum absolute atomic E-state index is 13.8. The van der Waals surface area contributed by atoms with E-state index in [0.717, 1.165) is 80.8 Å². The number of halogens is 2. The first-order valence-corrected chi connectivity index (χ1v) is 13.5. The molecular formula is C28H42F2N2O3. The van der Waals surface area contributed by atoms with Gasteiger partial charge < -0.3 is 20.5 Å². The maximum atomic E-state index is 13.8. The van der Waals surface area contributed by atoms with Gasteiger partial charge in [0, 0.05) is 29.3 Å². The van der Waals surface area contributed by atoms with Crippen LogP contribution >= 0.6 is 0 Å². The average Bonchev–Trinajstić information content (AvgIpc) is 2.72. The molecule has 0 spiro atoms. The maximum Gasteiger partial charge on any atom is 0.315 e. The second-order valence-corrected chi connectivity index (χ2v) is 12.2. The highest BCUT2D eigenvalue weighted by Gasteiger charge is 2.51. The molecule has 196 valence electrons. The van der Waals surface area contributed by atoms with Crippen molar-refractivity contribution in [3.63, 3.8) is 0 Å². The monoisotopic (exact) mass is 492 g/mol. The topological polar surface area (TPSA) is 70.6 Å². The molecule has 1 aromatic carbocycles. The lowest BCUT2D eigenvalue weighted by molar-refractivity contribution is -0.0142. The van der Waals surface area contributed by atoms with E-state index in [1.165, 1.54) is 19.3 Å². The van der Waals surface area contributed by atoms with E-state index in [1.54, 1.807) is 0 Å². The molecular weight excluding hydrogens is 450 g/mol. The van der Waals surface area contributed by atoms with Crippen LogP contribution in [0.25, 0.3) is 0 Å². The zero-order valence-corrected chi connectivity index (χ0v) is 21.4. The van der Waals surface area contributed by atoms with E-state index >= 15 is 0 Å². The standard InChI is InChI=1S/C24H32F2N2O3.C4H10/c25-21-8-18(29)9-22(26)20(21)13-31-19-3-1-17(2-4-19)27-23(30)28-24-10-14-5-15(11-24)7-16(6-14)12-24;1-4(2)3/h8-9,14-17,19,29H,1-7,10-13H2,(H2,27,28,30);4H,1-3H3. The number of urea groups is 1. The lowest BCUT2D eigenvalue weighted by Gasteiger charge is -2.56. The highest BCUT2D eigenvalue weighted by molar-refractivity contribution is 5.75. The number of phenolic OH excluding ortho intramolecular Hbond substituents is 1. The third-order valence-electron chi connectivity index (χ3n) is 8.02. The third kappa shape index (κ3) is 6.87. The van der Waals surface area contributed by atoms with Gasteiger partial charge in [0.25, 0.3) is 0 Å². The Hall–Kier alpha value is -1.89. The Morgan fingerprint density at radius 3 is 1.97 bits per heavy atom. The molecule has 0 saturated heterocycles. The number of hydrogen-bond acceptors (Lipinski definition) is 3. The van der Waals surface area contributed by atoms with Gasteiger partial charge in [0.15, 0.2) is 0 Å². The Bertz CT molecular complexity index is 822. The molecule has 0 unspecified atom stereocenters. The first-order chi connectivity index (χ1) is 16.6. The van der Waals surface area contributed by atoms with Crippen molar-refractivity contribution >= 4 is 6.03 Å². The number of ether oxygens (including phenoxy) is 1. The van der Waals surface area contributed by atoms with Crippen molar-refractivity contribution in [2.45, 2.75) is 109 Å². The zero-order valence-electron chi connectivity index (χ0n) is 21.4. The molecule has 5 nitrogen and oxygen atoms in total. The van der Waals surface area contributed by atoms with Gasteiger partial charge >= 0.3 is 6.03 Å². The summed E-state index contributed by atoms with van der Waals surface area (Å²) in [5, 5.41) is 15.8. The summed E-state index contributed by atoms with van der Waals surface area (Å²) >= 11 is 0. The molecule has 6 rings (SSSR count). The van der Waals surface area contributed by atoms with Gasteiger partial charge in [-0.15, -0.1) is 0 Å². The van der Waals surface area contributed by atoms with E-state index in [9.17, 15) is 18.7 Å². The summed E-state index contributed by atoms with van der Waals surface area (Å²) in [6, 6.07) is 1.85. The minimum atomic E-state index is -0.797. The van der Waals surface area contributed by atoms with Crippen molar-refractivity contribution in [1.82, 2.24) is 10.6 Å². The number of nitrogens with one attached hydrogen (secondary N) is 2. The molecule has 2 amide bonds. The number of benzene rings is 1. The Kier molecular flexibility index (Phi) is 8.24. The minimum absolute atomic E-state index is 0.0113. The molecule has 0 radical (unpaired) electrons. The van der Waals surface area contributed by atoms with Crippen LogP contribution in [0.15, 0.2) is 12.1 Å². The second kappa shape index (κ2) is 11.0. The molecule has 0 aromatic heterocycles. The van der Waals surface area contributed by atoms with E-state index in [4.69, 9.17) is 4.74 Å². The van der Waals surface area contributed by atoms with Crippen LogP contribution in [-0.4, -0.2) is 28.8 Å². The largest absolute Gasteiger partial charge is 0.508 e. The van der Waals surface area contributed by atoms with Crippen molar-refractivity contribution in [3.8, 4) is 5.75 Å². The fourth-order valence-corrected chi connectivity index (χ4v) is 7.03. The molecule has 0 aliphatic heterocycles. The average molecular weight is 493 g/mol. The van der Waals surface area contributed by atoms with E-state index in [1.807, 2.05) is 0 Å². The van der Waals surface area contributed by atoms with Crippen LogP contribution in [-0.2, 0) is 11.3 Å². The molecule has 0 heterocycles. The normalized spacial score (nSPS) is 33.3. The first kappa shape index (κ1) is 26.2. The number of phenols is 1. The van der Waals surface area contributed by atoms with Crippen LogP contribution in [0.5, 0.6) is 5.75 Å². The van der Waals surface area contributed by atoms with Gasteiger partial charge in [0.2, 0.25) is 0 Å². The van der Waals surface area contributed by atoms with Crippen LogP contribution in [0.2, 0.25) is 0 Å². The predicted molar refractivity (Wildman–Crippen MR) is 132 cm³/mol. The fourth-order valence-electron chi connectivity index (χ4n) is 7.03. The Morgan fingerprint density at radius 2 is 1.49 bits per heavy atom. The van der Waals surface area contributed by atoms with E-state index in [0.29, 0.717) is 0 Å². The summed E-state index contributed by atoms with van der Waals surface area (Å²) in [6.45, 7) is 6.34. The van der Waals surface area contributed by atoms with Gasteiger partial charge in [0.05, 0.1) is 12.7 Å². The van der Waals surface area contributed by atoms with E-state index in [-0.39, 0.29) is 35.9 Å². The first-order valence-electron chi connectivity index (χ1n) is 13.5. The number of carbonyl (C=O) groups is 1. The van der Waals surface area contributed by atoms with Crippen LogP contribution in [0.1, 0.15) is 90.5 Å². The molecule has 0 atom stereocenters. The Balaban J connectivity index is 0.000000672. The fraction of sp³-hybridized carbons (Fsp3) is 0.750. The summed E-state index contributed by atoms with van der Waals surface area (Å²) in [6.07, 6.45) is 10.4. The molecule has 5 saturated carbocycles. The smallest absolute Gasteiger partial charge is 0.315 e. The lowest BCUT2D eigenvalue weighted by Crippen LogP contribution is -2.62. The lowest BCUT2D eigenvalue weighted by atomic mass is 9.53. The van der Waals surface area contributed by atoms with Crippen LogP contribution in [0.3, 0.4) is 0 Å². The van der Waals surface area contributed by atoms with Crippen LogP contribution in [0.4, 0.5) is 13.6 Å². The number of hydrogen-bond donors (Lipinski definition) is 3. The van der Waals surface area contributed by atoms with Crippen molar-refractivity contribution < 1.29 is 23.4 Å². The number of aromatic hydroxyl groups is 1. The van der Waals surface area contributed by atoms with Crippen LogP contribution in [0, 0.1) is 35.3 Å². The SMILES string of the molecule is CC(C)C.O=C(NC1CCC(OCc2c(F)cc(O)cc2F)CC1)NC12CC3CC(CC(C3)C1)C2. The molecule has 35 heavy (non-hydrogen) atoms. The van der Waals surface area contributed by atoms with Gasteiger partial charge in [-0.25, -0.2) is 13.6 Å². The van der Waals surface area contributed by atoms with Gasteiger partial charge in [-0.05, 0) is 87.9 Å². The molecule has 1 aromatic rings. The molecule has 7 heteroatoms. The number of rotatable bonds is 5. The third-order valence-corrected chi connectivity index (χ3v) is 8.02. The van der Waals surface area contributed by atoms with Crippen molar-refractivity contribution in [2.75, 3.05) is 0 Å². The quantitative estimate of drug-likeness (QED) is 0.444. The predicted octanol–water partition coefficient (Wildman–Crippen LogP) is 6.43. The summed E-state index contributed by atoms with van der Waals surface area (Å²) in [5.41, 5.74) is -0.148. The number of carbonyl (C=O) groups excluding carboxylic acids is 1. The molecule has 3 N–H and O–H groups in total. The minimum Gasteiger partial charge on any atom is -0.508 e. The molecule has 5 fully saturated rings. The van der Waals surface area contributed by atoms with Crippen molar-refractivity contribution in [2.24, 2.45) is 23.7 Å². The summed E-state index contributed by atoms with van der Waals surface area (Å²) < 4.78 is 33.4. The van der Waals surface area contributed by atoms with Gasteiger partial charge in [0.1, 0.15) is 17.4 Å². The van der Waals surface area contributed by atoms with E-state index in [2.05, 4.69) is 31.4 Å². The zero-order chi connectivity index (χ0) is 25.2. The number of amides is 2. The Morgan fingerprint density at radius 1 is 1.00 bits per heavy atom. The van der Waals surface area contributed by atoms with Crippen LogP contribution < -0.4 is 10.6 Å². The molecule has 5 aliphatic rings. The van der Waals surface area contributed by atoms with Gasteiger partial charge in [-0.1, -0.05) is 20.8 Å². The summed E-state index contributed by atoms with van der Waals surface area (Å²) in [5.74, 6) is 1.19. The van der Waals surface area contributed by atoms with E-state index < -0.39 is 17.4 Å². The molecule has 4 bridgehead atoms. The second-order valence-electron chi connectivity index (χ2n) is 12.2. The highest BCUT2D eigenvalue weighted by atomic mass is 19.1. The van der Waals surface area contributed by atoms with Crippen molar-refractivity contribution in [1.29, 1.82) is 0 Å². The summed E-state index contributed by atoms with van der Waals surface area (Å²) in [4.78, 5) is 12.7. The highest BCUT2D eigenvalue weighted by Crippen LogP contribution is 2.55. The molecule has 5 aliphatic carbocycles. The Labute approximate surface area is 208 Å². The van der Waals surface area contributed by atoms with Gasteiger partial charge in [-0.2, -0.15) is 0 Å². The summed E-state index contributed by atoms with van der Waals surface area (Å²) in [7, 11) is 0.